The summed E-state index contributed by atoms with van der Waals surface area (Å²) in [5, 5.41) is 15.7. The fraction of sp³-hybridized carbons (Fsp3) is 0.500. The SMILES string of the molecule is CCNCC(=O)Nc1sc2c(c1C#N)CCC2. The van der Waals surface area contributed by atoms with E-state index in [0.717, 1.165) is 36.4 Å². The van der Waals surface area contributed by atoms with Gasteiger partial charge < -0.3 is 10.6 Å². The van der Waals surface area contributed by atoms with E-state index in [1.54, 1.807) is 11.3 Å². The monoisotopic (exact) mass is 249 g/mol. The van der Waals surface area contributed by atoms with Gasteiger partial charge in [-0.15, -0.1) is 11.3 Å². The van der Waals surface area contributed by atoms with E-state index in [2.05, 4.69) is 16.7 Å². The van der Waals surface area contributed by atoms with E-state index >= 15 is 0 Å². The van der Waals surface area contributed by atoms with Gasteiger partial charge in [0.05, 0.1) is 12.1 Å². The molecule has 5 heteroatoms. The lowest BCUT2D eigenvalue weighted by Crippen LogP contribution is -2.27. The van der Waals surface area contributed by atoms with Crippen LogP contribution in [0.15, 0.2) is 0 Å². The van der Waals surface area contributed by atoms with E-state index < -0.39 is 0 Å². The number of thiophene rings is 1. The van der Waals surface area contributed by atoms with Crippen molar-refractivity contribution in [2.45, 2.75) is 26.2 Å². The topological polar surface area (TPSA) is 64.9 Å². The molecular weight excluding hydrogens is 234 g/mol. The lowest BCUT2D eigenvalue weighted by atomic mass is 10.1. The van der Waals surface area contributed by atoms with E-state index in [4.69, 9.17) is 5.26 Å². The third-order valence-corrected chi connectivity index (χ3v) is 4.03. The van der Waals surface area contributed by atoms with Gasteiger partial charge in [0, 0.05) is 4.88 Å². The molecule has 1 heterocycles. The average Bonchev–Trinajstić information content (AvgIpc) is 2.86. The van der Waals surface area contributed by atoms with Gasteiger partial charge in [-0.2, -0.15) is 5.26 Å². The summed E-state index contributed by atoms with van der Waals surface area (Å²) < 4.78 is 0. The quantitative estimate of drug-likeness (QED) is 0.853. The Hall–Kier alpha value is -1.38. The number of rotatable bonds is 4. The highest BCUT2D eigenvalue weighted by atomic mass is 32.1. The van der Waals surface area contributed by atoms with Crippen LogP contribution < -0.4 is 10.6 Å². The zero-order valence-corrected chi connectivity index (χ0v) is 10.6. The molecule has 1 aromatic heterocycles. The van der Waals surface area contributed by atoms with Crippen molar-refractivity contribution in [2.24, 2.45) is 0 Å². The summed E-state index contributed by atoms with van der Waals surface area (Å²) in [7, 11) is 0. The molecule has 0 fully saturated rings. The molecule has 1 aromatic rings. The molecular formula is C12H15N3OS. The van der Waals surface area contributed by atoms with Gasteiger partial charge >= 0.3 is 0 Å². The number of fused-ring (bicyclic) bond motifs is 1. The van der Waals surface area contributed by atoms with Crippen LogP contribution in [0.1, 0.15) is 29.3 Å². The molecule has 0 aromatic carbocycles. The first-order valence-electron chi connectivity index (χ1n) is 5.81. The largest absolute Gasteiger partial charge is 0.315 e. The second kappa shape index (κ2) is 5.30. The summed E-state index contributed by atoms with van der Waals surface area (Å²) in [6.45, 7) is 3.01. The van der Waals surface area contributed by atoms with Crippen molar-refractivity contribution in [3.05, 3.63) is 16.0 Å². The molecule has 0 bridgehead atoms. The van der Waals surface area contributed by atoms with Crippen LogP contribution in [0.2, 0.25) is 0 Å². The standard InChI is InChI=1S/C12H15N3OS/c1-2-14-7-11(16)15-12-9(6-13)8-4-3-5-10(8)17-12/h14H,2-5,7H2,1H3,(H,15,16). The molecule has 90 valence electrons. The van der Waals surface area contributed by atoms with Crippen molar-refractivity contribution in [1.82, 2.24) is 5.32 Å². The van der Waals surface area contributed by atoms with Gasteiger partial charge in [-0.3, -0.25) is 4.79 Å². The second-order valence-electron chi connectivity index (χ2n) is 4.00. The maximum atomic E-state index is 11.6. The van der Waals surface area contributed by atoms with Crippen molar-refractivity contribution in [3.8, 4) is 6.07 Å². The number of likely N-dealkylation sites (N-methyl/N-ethyl adjacent to an activating group) is 1. The maximum Gasteiger partial charge on any atom is 0.238 e. The predicted molar refractivity (Wildman–Crippen MR) is 68.2 cm³/mol. The van der Waals surface area contributed by atoms with Gasteiger partial charge in [0.1, 0.15) is 11.1 Å². The van der Waals surface area contributed by atoms with Crippen LogP contribution in [0.25, 0.3) is 0 Å². The van der Waals surface area contributed by atoms with Crippen LogP contribution in [0, 0.1) is 11.3 Å². The Morgan fingerprint density at radius 3 is 3.06 bits per heavy atom. The molecule has 2 rings (SSSR count). The highest BCUT2D eigenvalue weighted by Gasteiger charge is 2.22. The Morgan fingerprint density at radius 1 is 1.53 bits per heavy atom. The Bertz CT molecular complexity index is 473. The minimum atomic E-state index is -0.0803. The first kappa shape index (κ1) is 12.1. The highest BCUT2D eigenvalue weighted by Crippen LogP contribution is 2.38. The van der Waals surface area contributed by atoms with Crippen LogP contribution in [-0.4, -0.2) is 19.0 Å². The van der Waals surface area contributed by atoms with Crippen molar-refractivity contribution < 1.29 is 4.79 Å². The minimum absolute atomic E-state index is 0.0803. The van der Waals surface area contributed by atoms with Gasteiger partial charge in [0.15, 0.2) is 0 Å². The van der Waals surface area contributed by atoms with Gasteiger partial charge in [-0.1, -0.05) is 6.92 Å². The summed E-state index contributed by atoms with van der Waals surface area (Å²) in [5.74, 6) is -0.0803. The second-order valence-corrected chi connectivity index (χ2v) is 5.11. The van der Waals surface area contributed by atoms with E-state index in [0.29, 0.717) is 12.1 Å². The first-order valence-corrected chi connectivity index (χ1v) is 6.63. The predicted octanol–water partition coefficient (Wildman–Crippen LogP) is 1.66. The fourth-order valence-electron chi connectivity index (χ4n) is 2.02. The normalized spacial score (nSPS) is 13.2. The van der Waals surface area contributed by atoms with Crippen LogP contribution in [0.3, 0.4) is 0 Å². The summed E-state index contributed by atoms with van der Waals surface area (Å²) >= 11 is 1.55. The van der Waals surface area contributed by atoms with Gasteiger partial charge in [0.2, 0.25) is 5.91 Å². The number of hydrogen-bond donors (Lipinski definition) is 2. The fourth-order valence-corrected chi connectivity index (χ4v) is 3.28. The van der Waals surface area contributed by atoms with Crippen LogP contribution in [-0.2, 0) is 17.6 Å². The number of nitriles is 1. The van der Waals surface area contributed by atoms with Crippen molar-refractivity contribution in [1.29, 1.82) is 5.26 Å². The molecule has 0 unspecified atom stereocenters. The number of amides is 1. The highest BCUT2D eigenvalue weighted by molar-refractivity contribution is 7.16. The molecule has 1 aliphatic carbocycles. The summed E-state index contributed by atoms with van der Waals surface area (Å²) in [6, 6.07) is 2.21. The Kier molecular flexibility index (Phi) is 3.77. The zero-order chi connectivity index (χ0) is 12.3. The number of hydrogen-bond acceptors (Lipinski definition) is 4. The molecule has 0 radical (unpaired) electrons. The maximum absolute atomic E-state index is 11.6. The van der Waals surface area contributed by atoms with Crippen molar-refractivity contribution >= 4 is 22.2 Å². The van der Waals surface area contributed by atoms with E-state index in [-0.39, 0.29) is 5.91 Å². The smallest absolute Gasteiger partial charge is 0.238 e. The van der Waals surface area contributed by atoms with Crippen LogP contribution in [0.4, 0.5) is 5.00 Å². The molecule has 0 spiro atoms. The van der Waals surface area contributed by atoms with E-state index in [1.165, 1.54) is 4.88 Å². The van der Waals surface area contributed by atoms with E-state index in [1.807, 2.05) is 6.92 Å². The van der Waals surface area contributed by atoms with Crippen LogP contribution >= 0.6 is 11.3 Å². The zero-order valence-electron chi connectivity index (χ0n) is 9.80. The molecule has 0 saturated carbocycles. The molecule has 17 heavy (non-hydrogen) atoms. The number of aryl methyl sites for hydroxylation is 1. The lowest BCUT2D eigenvalue weighted by molar-refractivity contribution is -0.115. The third kappa shape index (κ3) is 2.48. The number of nitrogens with zero attached hydrogens (tertiary/aromatic N) is 1. The third-order valence-electron chi connectivity index (χ3n) is 2.82. The minimum Gasteiger partial charge on any atom is -0.315 e. The summed E-state index contributed by atoms with van der Waals surface area (Å²) in [6.07, 6.45) is 3.14. The average molecular weight is 249 g/mol. The summed E-state index contributed by atoms with van der Waals surface area (Å²) in [4.78, 5) is 12.9. The lowest BCUT2D eigenvalue weighted by Gasteiger charge is -2.04. The molecule has 0 atom stereocenters. The van der Waals surface area contributed by atoms with Crippen LogP contribution in [0.5, 0.6) is 0 Å². The Balaban J connectivity index is 2.12. The van der Waals surface area contributed by atoms with Gasteiger partial charge in [-0.25, -0.2) is 0 Å². The Labute approximate surface area is 105 Å². The van der Waals surface area contributed by atoms with E-state index in [9.17, 15) is 4.79 Å². The van der Waals surface area contributed by atoms with Crippen molar-refractivity contribution in [3.63, 3.8) is 0 Å². The molecule has 1 aliphatic rings. The first-order chi connectivity index (χ1) is 8.26. The number of nitrogens with one attached hydrogen (secondary N) is 2. The van der Waals surface area contributed by atoms with Crippen molar-refractivity contribution in [2.75, 3.05) is 18.4 Å². The molecule has 2 N–H and O–H groups in total. The molecule has 1 amide bonds. The summed E-state index contributed by atoms with van der Waals surface area (Å²) in [5.41, 5.74) is 1.82. The number of carbonyl (C=O) groups excluding carboxylic acids is 1. The molecule has 0 saturated heterocycles. The Morgan fingerprint density at radius 2 is 2.35 bits per heavy atom. The molecule has 0 aliphatic heterocycles. The van der Waals surface area contributed by atoms with Gasteiger partial charge in [-0.05, 0) is 31.4 Å². The number of carbonyl (C=O) groups is 1. The number of anilines is 1. The molecule has 4 nitrogen and oxygen atoms in total. The van der Waals surface area contributed by atoms with Gasteiger partial charge in [0.25, 0.3) is 0 Å².